The molecule has 0 saturated heterocycles. The second-order valence-electron chi connectivity index (χ2n) is 5.45. The summed E-state index contributed by atoms with van der Waals surface area (Å²) in [5.74, 6) is 0.0212. The minimum atomic E-state index is 0.0212. The molecule has 0 saturated carbocycles. The highest BCUT2D eigenvalue weighted by Crippen LogP contribution is 2.24. The summed E-state index contributed by atoms with van der Waals surface area (Å²) in [6, 6.07) is 7.60. The molecule has 0 atom stereocenters. The van der Waals surface area contributed by atoms with Gasteiger partial charge in [-0.1, -0.05) is 0 Å². The average Bonchev–Trinajstić information content (AvgIpc) is 2.92. The first kappa shape index (κ1) is 16.5. The van der Waals surface area contributed by atoms with Crippen LogP contribution < -0.4 is 11.1 Å². The number of carbonyl (C=O) groups is 1. The van der Waals surface area contributed by atoms with Crippen molar-refractivity contribution in [1.29, 1.82) is 0 Å². The van der Waals surface area contributed by atoms with Crippen molar-refractivity contribution < 1.29 is 4.79 Å². The number of hydrogen-bond donors (Lipinski definition) is 2. The molecule has 3 N–H and O–H groups in total. The maximum atomic E-state index is 11.9. The van der Waals surface area contributed by atoms with Crippen molar-refractivity contribution in [2.24, 2.45) is 0 Å². The van der Waals surface area contributed by atoms with Gasteiger partial charge in [0.05, 0.1) is 12.1 Å². The van der Waals surface area contributed by atoms with E-state index in [9.17, 15) is 4.79 Å². The number of carbonyl (C=O) groups excluding carboxylic acids is 1. The van der Waals surface area contributed by atoms with Crippen LogP contribution in [-0.2, 0) is 11.2 Å². The molecule has 0 spiro atoms. The van der Waals surface area contributed by atoms with E-state index >= 15 is 0 Å². The second-order valence-corrected chi connectivity index (χ2v) is 6.31. The maximum Gasteiger partial charge on any atom is 0.226 e. The Morgan fingerprint density at radius 1 is 1.32 bits per heavy atom. The second kappa shape index (κ2) is 7.91. The zero-order valence-corrected chi connectivity index (χ0v) is 13.8. The number of benzene rings is 1. The Balaban J connectivity index is 1.84. The van der Waals surface area contributed by atoms with Gasteiger partial charge in [0.25, 0.3) is 0 Å². The lowest BCUT2D eigenvalue weighted by molar-refractivity contribution is -0.120. The van der Waals surface area contributed by atoms with Crippen molar-refractivity contribution >= 4 is 22.9 Å². The number of amides is 1. The molecule has 0 aliphatic rings. The average molecular weight is 318 g/mol. The lowest BCUT2D eigenvalue weighted by Gasteiger charge is -2.09. The lowest BCUT2D eigenvalue weighted by atomic mass is 10.2. The molecule has 1 aromatic carbocycles. The number of hydrogen-bond acceptors (Lipinski definition) is 5. The van der Waals surface area contributed by atoms with Gasteiger partial charge >= 0.3 is 0 Å². The summed E-state index contributed by atoms with van der Waals surface area (Å²) in [4.78, 5) is 18.5. The van der Waals surface area contributed by atoms with Crippen LogP contribution in [0.15, 0.2) is 29.6 Å². The molecule has 2 aromatic rings. The fourth-order valence-electron chi connectivity index (χ4n) is 2.00. The van der Waals surface area contributed by atoms with Crippen LogP contribution >= 0.6 is 11.3 Å². The van der Waals surface area contributed by atoms with Crippen LogP contribution in [0.2, 0.25) is 0 Å². The minimum absolute atomic E-state index is 0.0212. The molecule has 22 heavy (non-hydrogen) atoms. The van der Waals surface area contributed by atoms with Crippen LogP contribution in [0.1, 0.15) is 12.1 Å². The van der Waals surface area contributed by atoms with Gasteiger partial charge in [-0.3, -0.25) is 4.79 Å². The van der Waals surface area contributed by atoms with Gasteiger partial charge in [0.2, 0.25) is 5.91 Å². The van der Waals surface area contributed by atoms with E-state index in [1.165, 1.54) is 0 Å². The summed E-state index contributed by atoms with van der Waals surface area (Å²) in [5, 5.41) is 5.77. The van der Waals surface area contributed by atoms with E-state index in [0.717, 1.165) is 34.9 Å². The summed E-state index contributed by atoms with van der Waals surface area (Å²) in [6.45, 7) is 1.67. The molecule has 0 radical (unpaired) electrons. The third kappa shape index (κ3) is 5.13. The van der Waals surface area contributed by atoms with Gasteiger partial charge in [-0.25, -0.2) is 4.98 Å². The minimum Gasteiger partial charge on any atom is -0.399 e. The zero-order chi connectivity index (χ0) is 15.9. The number of nitrogens with two attached hydrogens (primary N) is 1. The number of nitrogens with zero attached hydrogens (tertiary/aromatic N) is 2. The summed E-state index contributed by atoms with van der Waals surface area (Å²) < 4.78 is 0. The van der Waals surface area contributed by atoms with Crippen LogP contribution in [0, 0.1) is 0 Å². The first-order valence-electron chi connectivity index (χ1n) is 7.26. The first-order chi connectivity index (χ1) is 10.5. The number of thiazole rings is 1. The van der Waals surface area contributed by atoms with Crippen molar-refractivity contribution in [1.82, 2.24) is 15.2 Å². The van der Waals surface area contributed by atoms with E-state index in [1.807, 2.05) is 43.7 Å². The van der Waals surface area contributed by atoms with E-state index in [0.29, 0.717) is 13.0 Å². The quantitative estimate of drug-likeness (QED) is 0.605. The Kier molecular flexibility index (Phi) is 5.91. The molecule has 118 valence electrons. The molecule has 0 bridgehead atoms. The van der Waals surface area contributed by atoms with E-state index in [2.05, 4.69) is 15.2 Å². The molecular formula is C16H22N4OS. The van der Waals surface area contributed by atoms with Crippen molar-refractivity contribution in [3.8, 4) is 10.6 Å². The summed E-state index contributed by atoms with van der Waals surface area (Å²) in [5.41, 5.74) is 8.25. The zero-order valence-electron chi connectivity index (χ0n) is 13.0. The van der Waals surface area contributed by atoms with Crippen LogP contribution in [-0.4, -0.2) is 43.0 Å². The fraction of sp³-hybridized carbons (Fsp3) is 0.375. The van der Waals surface area contributed by atoms with Crippen LogP contribution in [0.3, 0.4) is 0 Å². The summed E-state index contributed by atoms with van der Waals surface area (Å²) in [7, 11) is 4.05. The topological polar surface area (TPSA) is 71.2 Å². The standard InChI is InChI=1S/C16H22N4OS/c1-20(2)9-3-8-18-15(21)10-14-11-22-16(19-14)12-4-6-13(17)7-5-12/h4-7,11H,3,8-10,17H2,1-2H3,(H,18,21). The van der Waals surface area contributed by atoms with E-state index < -0.39 is 0 Å². The molecular weight excluding hydrogens is 296 g/mol. The van der Waals surface area contributed by atoms with Crippen LogP contribution in [0.25, 0.3) is 10.6 Å². The Bertz CT molecular complexity index is 607. The SMILES string of the molecule is CN(C)CCCNC(=O)Cc1csc(-c2ccc(N)cc2)n1. The smallest absolute Gasteiger partial charge is 0.226 e. The molecule has 5 nitrogen and oxygen atoms in total. The van der Waals surface area contributed by atoms with Crippen molar-refractivity contribution in [3.05, 3.63) is 35.3 Å². The van der Waals surface area contributed by atoms with Gasteiger partial charge in [0.15, 0.2) is 0 Å². The molecule has 1 heterocycles. The van der Waals surface area contributed by atoms with Crippen molar-refractivity contribution in [3.63, 3.8) is 0 Å². The number of aromatic nitrogens is 1. The van der Waals surface area contributed by atoms with E-state index in [1.54, 1.807) is 11.3 Å². The first-order valence-corrected chi connectivity index (χ1v) is 8.14. The Labute approximate surface area is 135 Å². The predicted molar refractivity (Wildman–Crippen MR) is 91.8 cm³/mol. The van der Waals surface area contributed by atoms with Crippen molar-refractivity contribution in [2.45, 2.75) is 12.8 Å². The van der Waals surface area contributed by atoms with Gasteiger partial charge in [-0.15, -0.1) is 11.3 Å². The third-order valence-corrected chi connectivity index (χ3v) is 4.10. The number of nitrogens with one attached hydrogen (secondary N) is 1. The van der Waals surface area contributed by atoms with Gasteiger partial charge < -0.3 is 16.0 Å². The number of rotatable bonds is 7. The van der Waals surface area contributed by atoms with Crippen LogP contribution in [0.5, 0.6) is 0 Å². The van der Waals surface area contributed by atoms with E-state index in [4.69, 9.17) is 5.73 Å². The highest BCUT2D eigenvalue weighted by molar-refractivity contribution is 7.13. The lowest BCUT2D eigenvalue weighted by Crippen LogP contribution is -2.28. The normalized spacial score (nSPS) is 10.9. The monoisotopic (exact) mass is 318 g/mol. The molecule has 0 unspecified atom stereocenters. The predicted octanol–water partition coefficient (Wildman–Crippen LogP) is 2.00. The molecule has 1 amide bonds. The van der Waals surface area contributed by atoms with Gasteiger partial charge in [-0.2, -0.15) is 0 Å². The Morgan fingerprint density at radius 3 is 2.73 bits per heavy atom. The number of anilines is 1. The highest BCUT2D eigenvalue weighted by Gasteiger charge is 2.08. The largest absolute Gasteiger partial charge is 0.399 e. The summed E-state index contributed by atoms with van der Waals surface area (Å²) in [6.07, 6.45) is 1.28. The fourth-order valence-corrected chi connectivity index (χ4v) is 2.82. The van der Waals surface area contributed by atoms with Crippen molar-refractivity contribution in [2.75, 3.05) is 32.9 Å². The van der Waals surface area contributed by atoms with Gasteiger partial charge in [0.1, 0.15) is 5.01 Å². The van der Waals surface area contributed by atoms with Crippen LogP contribution in [0.4, 0.5) is 5.69 Å². The third-order valence-electron chi connectivity index (χ3n) is 3.16. The van der Waals surface area contributed by atoms with E-state index in [-0.39, 0.29) is 5.91 Å². The van der Waals surface area contributed by atoms with Gasteiger partial charge in [0, 0.05) is 23.2 Å². The maximum absolute atomic E-state index is 11.9. The molecule has 2 rings (SSSR count). The number of nitrogen functional groups attached to an aromatic ring is 1. The summed E-state index contributed by atoms with van der Waals surface area (Å²) >= 11 is 1.54. The highest BCUT2D eigenvalue weighted by atomic mass is 32.1. The molecule has 0 aliphatic heterocycles. The molecule has 6 heteroatoms. The molecule has 0 fully saturated rings. The molecule has 1 aromatic heterocycles. The Morgan fingerprint density at radius 2 is 2.05 bits per heavy atom. The molecule has 0 aliphatic carbocycles. The van der Waals surface area contributed by atoms with Gasteiger partial charge in [-0.05, 0) is 51.3 Å². The Hall–Kier alpha value is -1.92.